The third kappa shape index (κ3) is 4.35. The zero-order valence-corrected chi connectivity index (χ0v) is 12.4. The van der Waals surface area contributed by atoms with Gasteiger partial charge in [-0.1, -0.05) is 29.8 Å². The molecule has 0 aliphatic rings. The van der Waals surface area contributed by atoms with E-state index in [0.29, 0.717) is 12.4 Å². The first-order chi connectivity index (χ1) is 10.1. The highest BCUT2D eigenvalue weighted by atomic mass is 16.5. The zero-order valence-electron chi connectivity index (χ0n) is 12.4. The van der Waals surface area contributed by atoms with Crippen molar-refractivity contribution in [2.24, 2.45) is 0 Å². The average molecular weight is 289 g/mol. The molecule has 21 heavy (non-hydrogen) atoms. The van der Waals surface area contributed by atoms with Gasteiger partial charge in [0.1, 0.15) is 6.54 Å². The average Bonchev–Trinajstić information content (AvgIpc) is 2.88. The van der Waals surface area contributed by atoms with Crippen LogP contribution in [0.5, 0.6) is 0 Å². The largest absolute Gasteiger partial charge is 0.383 e. The Morgan fingerprint density at radius 1 is 1.38 bits per heavy atom. The Balaban J connectivity index is 1.97. The number of ether oxygens (including phenoxy) is 1. The van der Waals surface area contributed by atoms with Crippen molar-refractivity contribution in [2.75, 3.05) is 13.7 Å². The maximum atomic E-state index is 11.8. The molecule has 7 nitrogen and oxygen atoms in total. The van der Waals surface area contributed by atoms with Gasteiger partial charge in [0, 0.05) is 18.7 Å². The summed E-state index contributed by atoms with van der Waals surface area (Å²) in [6, 6.07) is 7.77. The fourth-order valence-electron chi connectivity index (χ4n) is 1.87. The van der Waals surface area contributed by atoms with E-state index in [0.717, 1.165) is 11.1 Å². The molecule has 1 amide bonds. The Labute approximate surface area is 123 Å². The number of carbonyl (C=O) groups excluding carboxylic acids is 1. The van der Waals surface area contributed by atoms with Gasteiger partial charge < -0.3 is 10.1 Å². The lowest BCUT2D eigenvalue weighted by Crippen LogP contribution is -2.38. The topological polar surface area (TPSA) is 81.9 Å². The molecule has 7 heteroatoms. The number of benzene rings is 1. The zero-order chi connectivity index (χ0) is 15.2. The Morgan fingerprint density at radius 2 is 2.10 bits per heavy atom. The predicted octanol–water partition coefficient (Wildman–Crippen LogP) is 0.800. The summed E-state index contributed by atoms with van der Waals surface area (Å²) in [6.45, 7) is 4.38. The first-order valence-electron chi connectivity index (χ1n) is 6.71. The van der Waals surface area contributed by atoms with Gasteiger partial charge in [0.25, 0.3) is 0 Å². The molecule has 0 aliphatic carbocycles. The van der Waals surface area contributed by atoms with Crippen LogP contribution >= 0.6 is 0 Å². The molecule has 0 radical (unpaired) electrons. The number of methoxy groups -OCH3 is 1. The maximum absolute atomic E-state index is 11.8. The highest BCUT2D eigenvalue weighted by Crippen LogP contribution is 2.13. The quantitative estimate of drug-likeness (QED) is 0.850. The van der Waals surface area contributed by atoms with Crippen molar-refractivity contribution >= 4 is 5.91 Å². The van der Waals surface area contributed by atoms with Gasteiger partial charge in [0.15, 0.2) is 0 Å². The predicted molar refractivity (Wildman–Crippen MR) is 77.5 cm³/mol. The number of nitrogens with zero attached hydrogens (tertiary/aromatic N) is 4. The van der Waals surface area contributed by atoms with Gasteiger partial charge in [-0.15, -0.1) is 10.2 Å². The summed E-state index contributed by atoms with van der Waals surface area (Å²) in [5.41, 5.74) is 2.04. The van der Waals surface area contributed by atoms with E-state index in [4.69, 9.17) is 4.74 Å². The standard InChI is InChI=1S/C14H19N5O2/c1-10-4-6-12(7-5-10)14-16-18-19(17-14)8-13(20)15-11(2)9-21-3/h4-7,11H,8-9H2,1-3H3,(H,15,20)/t11-/m1/s1. The minimum atomic E-state index is -0.174. The van der Waals surface area contributed by atoms with E-state index in [-0.39, 0.29) is 18.5 Å². The molecule has 0 bridgehead atoms. The third-order valence-corrected chi connectivity index (χ3v) is 2.87. The van der Waals surface area contributed by atoms with Crippen LogP contribution in [-0.2, 0) is 16.1 Å². The molecule has 0 unspecified atom stereocenters. The molecule has 1 N–H and O–H groups in total. The first kappa shape index (κ1) is 15.1. The summed E-state index contributed by atoms with van der Waals surface area (Å²) in [4.78, 5) is 13.1. The molecular weight excluding hydrogens is 270 g/mol. The molecule has 2 rings (SSSR count). The van der Waals surface area contributed by atoms with Gasteiger partial charge in [0.05, 0.1) is 6.61 Å². The Bertz CT molecular complexity index is 594. The van der Waals surface area contributed by atoms with Crippen molar-refractivity contribution in [3.63, 3.8) is 0 Å². The molecule has 1 heterocycles. The molecule has 0 saturated heterocycles. The molecule has 0 fully saturated rings. The minimum absolute atomic E-state index is 0.0346. The smallest absolute Gasteiger partial charge is 0.243 e. The second-order valence-corrected chi connectivity index (χ2v) is 4.93. The van der Waals surface area contributed by atoms with Crippen LogP contribution in [-0.4, -0.2) is 45.9 Å². The van der Waals surface area contributed by atoms with Crippen molar-refractivity contribution in [1.29, 1.82) is 0 Å². The number of aryl methyl sites for hydroxylation is 1. The van der Waals surface area contributed by atoms with Gasteiger partial charge in [-0.25, -0.2) is 0 Å². The first-order valence-corrected chi connectivity index (χ1v) is 6.71. The number of carbonyl (C=O) groups is 1. The van der Waals surface area contributed by atoms with Gasteiger partial charge in [-0.3, -0.25) is 4.79 Å². The van der Waals surface area contributed by atoms with E-state index in [1.165, 1.54) is 4.80 Å². The number of hydrogen-bond acceptors (Lipinski definition) is 5. The maximum Gasteiger partial charge on any atom is 0.243 e. The van der Waals surface area contributed by atoms with E-state index in [1.54, 1.807) is 7.11 Å². The van der Waals surface area contributed by atoms with Crippen LogP contribution < -0.4 is 5.32 Å². The van der Waals surface area contributed by atoms with Gasteiger partial charge >= 0.3 is 0 Å². The van der Waals surface area contributed by atoms with Crippen LogP contribution in [0, 0.1) is 6.92 Å². The summed E-state index contributed by atoms with van der Waals surface area (Å²) in [5.74, 6) is 0.333. The Morgan fingerprint density at radius 3 is 2.76 bits per heavy atom. The van der Waals surface area contributed by atoms with Crippen LogP contribution in [0.15, 0.2) is 24.3 Å². The molecule has 0 spiro atoms. The lowest BCUT2D eigenvalue weighted by Gasteiger charge is -2.11. The second-order valence-electron chi connectivity index (χ2n) is 4.93. The van der Waals surface area contributed by atoms with Crippen molar-refractivity contribution < 1.29 is 9.53 Å². The van der Waals surface area contributed by atoms with Crippen LogP contribution in [0.4, 0.5) is 0 Å². The number of amides is 1. The lowest BCUT2D eigenvalue weighted by atomic mass is 10.1. The number of aromatic nitrogens is 4. The summed E-state index contributed by atoms with van der Waals surface area (Å²) >= 11 is 0. The molecule has 2 aromatic rings. The fraction of sp³-hybridized carbons (Fsp3) is 0.429. The van der Waals surface area contributed by atoms with E-state index in [2.05, 4.69) is 20.7 Å². The van der Waals surface area contributed by atoms with Gasteiger partial charge in [0.2, 0.25) is 11.7 Å². The van der Waals surface area contributed by atoms with E-state index < -0.39 is 0 Å². The second kappa shape index (κ2) is 6.94. The van der Waals surface area contributed by atoms with Crippen LogP contribution in [0.2, 0.25) is 0 Å². The highest BCUT2D eigenvalue weighted by molar-refractivity contribution is 5.75. The van der Waals surface area contributed by atoms with E-state index >= 15 is 0 Å². The molecule has 0 saturated carbocycles. The lowest BCUT2D eigenvalue weighted by molar-refractivity contribution is -0.123. The van der Waals surface area contributed by atoms with Crippen molar-refractivity contribution in [1.82, 2.24) is 25.5 Å². The van der Waals surface area contributed by atoms with Crippen LogP contribution in [0.3, 0.4) is 0 Å². The SMILES string of the molecule is COC[C@@H](C)NC(=O)Cn1nnc(-c2ccc(C)cc2)n1. The van der Waals surface area contributed by atoms with Crippen molar-refractivity contribution in [2.45, 2.75) is 26.4 Å². The van der Waals surface area contributed by atoms with Crippen molar-refractivity contribution in [3.8, 4) is 11.4 Å². The normalized spacial score (nSPS) is 12.1. The van der Waals surface area contributed by atoms with Gasteiger partial charge in [-0.2, -0.15) is 4.80 Å². The number of rotatable bonds is 6. The highest BCUT2D eigenvalue weighted by Gasteiger charge is 2.11. The minimum Gasteiger partial charge on any atom is -0.383 e. The molecule has 1 aromatic carbocycles. The van der Waals surface area contributed by atoms with Crippen LogP contribution in [0.25, 0.3) is 11.4 Å². The summed E-state index contributed by atoms with van der Waals surface area (Å²) in [7, 11) is 1.59. The molecular formula is C14H19N5O2. The molecule has 1 aromatic heterocycles. The molecule has 1 atom stereocenters. The van der Waals surface area contributed by atoms with Crippen molar-refractivity contribution in [3.05, 3.63) is 29.8 Å². The Kier molecular flexibility index (Phi) is 4.99. The van der Waals surface area contributed by atoms with E-state index in [9.17, 15) is 4.79 Å². The Hall–Kier alpha value is -2.28. The molecule has 0 aliphatic heterocycles. The number of hydrogen-bond donors (Lipinski definition) is 1. The fourth-order valence-corrected chi connectivity index (χ4v) is 1.87. The molecule has 112 valence electrons. The summed E-state index contributed by atoms with van der Waals surface area (Å²) < 4.78 is 4.96. The van der Waals surface area contributed by atoms with Crippen LogP contribution in [0.1, 0.15) is 12.5 Å². The monoisotopic (exact) mass is 289 g/mol. The number of nitrogens with one attached hydrogen (secondary N) is 1. The number of tetrazole rings is 1. The third-order valence-electron chi connectivity index (χ3n) is 2.87. The van der Waals surface area contributed by atoms with E-state index in [1.807, 2.05) is 38.1 Å². The summed E-state index contributed by atoms with van der Waals surface area (Å²) in [5, 5.41) is 14.9. The summed E-state index contributed by atoms with van der Waals surface area (Å²) in [6.07, 6.45) is 0. The van der Waals surface area contributed by atoms with Gasteiger partial charge in [-0.05, 0) is 19.1 Å².